The van der Waals surface area contributed by atoms with Crippen LogP contribution in [0.1, 0.15) is 36.6 Å². The van der Waals surface area contributed by atoms with Gasteiger partial charge in [0.05, 0.1) is 12.5 Å². The number of hydrogen-bond acceptors (Lipinski definition) is 1. The number of nitrogens with one attached hydrogen (secondary N) is 1. The Morgan fingerprint density at radius 1 is 1.35 bits per heavy atom. The van der Waals surface area contributed by atoms with E-state index in [0.717, 1.165) is 11.9 Å². The first-order chi connectivity index (χ1) is 8.26. The standard InChI is InChI=1S/C15H18N2/c1-3-4-5-14-12(8-9-16)13-10-11(2)6-7-15(13)17-14/h6-7,10,17H,3-5,8H2,1-2H3. The van der Waals surface area contributed by atoms with Gasteiger partial charge < -0.3 is 4.98 Å². The maximum atomic E-state index is 8.95. The summed E-state index contributed by atoms with van der Waals surface area (Å²) >= 11 is 0. The molecule has 1 N–H and O–H groups in total. The lowest BCUT2D eigenvalue weighted by atomic mass is 10.0. The fourth-order valence-electron chi connectivity index (χ4n) is 2.27. The van der Waals surface area contributed by atoms with E-state index in [9.17, 15) is 0 Å². The second kappa shape index (κ2) is 5.05. The average molecular weight is 226 g/mol. The van der Waals surface area contributed by atoms with Crippen molar-refractivity contribution in [3.8, 4) is 6.07 Å². The summed E-state index contributed by atoms with van der Waals surface area (Å²) in [5, 5.41) is 10.2. The molecule has 0 unspecified atom stereocenters. The molecule has 1 heterocycles. The Labute approximate surface area is 102 Å². The third-order valence-electron chi connectivity index (χ3n) is 3.19. The smallest absolute Gasteiger partial charge is 0.0670 e. The van der Waals surface area contributed by atoms with E-state index in [1.807, 2.05) is 0 Å². The molecule has 0 fully saturated rings. The molecule has 0 radical (unpaired) electrons. The fourth-order valence-corrected chi connectivity index (χ4v) is 2.27. The van der Waals surface area contributed by atoms with E-state index < -0.39 is 0 Å². The van der Waals surface area contributed by atoms with Crippen molar-refractivity contribution in [2.75, 3.05) is 0 Å². The Morgan fingerprint density at radius 2 is 2.18 bits per heavy atom. The number of unbranched alkanes of at least 4 members (excludes halogenated alkanes) is 1. The second-order valence-corrected chi connectivity index (χ2v) is 4.57. The zero-order valence-corrected chi connectivity index (χ0v) is 10.5. The van der Waals surface area contributed by atoms with Crippen LogP contribution in [0.25, 0.3) is 10.9 Å². The highest BCUT2D eigenvalue weighted by molar-refractivity contribution is 5.85. The van der Waals surface area contributed by atoms with Gasteiger partial charge in [-0.15, -0.1) is 0 Å². The van der Waals surface area contributed by atoms with E-state index in [4.69, 9.17) is 5.26 Å². The summed E-state index contributed by atoms with van der Waals surface area (Å²) in [4.78, 5) is 3.46. The zero-order chi connectivity index (χ0) is 12.3. The number of benzene rings is 1. The lowest BCUT2D eigenvalue weighted by Gasteiger charge is -1.99. The van der Waals surface area contributed by atoms with Gasteiger partial charge in [-0.1, -0.05) is 25.0 Å². The van der Waals surface area contributed by atoms with Crippen LogP contribution >= 0.6 is 0 Å². The molecule has 1 aromatic carbocycles. The van der Waals surface area contributed by atoms with Crippen molar-refractivity contribution in [1.82, 2.24) is 4.98 Å². The second-order valence-electron chi connectivity index (χ2n) is 4.57. The van der Waals surface area contributed by atoms with Crippen LogP contribution in [0, 0.1) is 18.3 Å². The molecule has 0 atom stereocenters. The van der Waals surface area contributed by atoms with E-state index in [2.05, 4.69) is 43.1 Å². The van der Waals surface area contributed by atoms with Crippen molar-refractivity contribution >= 4 is 10.9 Å². The van der Waals surface area contributed by atoms with Crippen LogP contribution in [-0.2, 0) is 12.8 Å². The molecule has 0 aliphatic rings. The third kappa shape index (κ3) is 2.34. The highest BCUT2D eigenvalue weighted by Gasteiger charge is 2.10. The molecule has 0 aliphatic heterocycles. The summed E-state index contributed by atoms with van der Waals surface area (Å²) in [6, 6.07) is 8.67. The summed E-state index contributed by atoms with van der Waals surface area (Å²) in [6.45, 7) is 4.28. The molecule has 0 amide bonds. The number of fused-ring (bicyclic) bond motifs is 1. The van der Waals surface area contributed by atoms with Gasteiger partial charge in [0.1, 0.15) is 0 Å². The Morgan fingerprint density at radius 3 is 2.88 bits per heavy atom. The predicted molar refractivity (Wildman–Crippen MR) is 71.0 cm³/mol. The van der Waals surface area contributed by atoms with E-state index in [0.29, 0.717) is 6.42 Å². The van der Waals surface area contributed by atoms with E-state index in [1.54, 1.807) is 0 Å². The fraction of sp³-hybridized carbons (Fsp3) is 0.400. The minimum absolute atomic E-state index is 0.502. The molecule has 0 spiro atoms. The molecule has 88 valence electrons. The van der Waals surface area contributed by atoms with Gasteiger partial charge in [-0.25, -0.2) is 0 Å². The van der Waals surface area contributed by atoms with Crippen molar-refractivity contribution in [1.29, 1.82) is 5.26 Å². The highest BCUT2D eigenvalue weighted by Crippen LogP contribution is 2.25. The summed E-state index contributed by atoms with van der Waals surface area (Å²) in [5.41, 5.74) is 4.85. The Balaban J connectivity index is 2.51. The average Bonchev–Trinajstić information content (AvgIpc) is 2.65. The summed E-state index contributed by atoms with van der Waals surface area (Å²) in [5.74, 6) is 0. The van der Waals surface area contributed by atoms with E-state index >= 15 is 0 Å². The Bertz CT molecular complexity index is 558. The lowest BCUT2D eigenvalue weighted by molar-refractivity contribution is 0.777. The molecule has 2 rings (SSSR count). The molecule has 2 heteroatoms. The lowest BCUT2D eigenvalue weighted by Crippen LogP contribution is -1.91. The van der Waals surface area contributed by atoms with Gasteiger partial charge in [-0.3, -0.25) is 0 Å². The molecule has 17 heavy (non-hydrogen) atoms. The Kier molecular flexibility index (Phi) is 3.49. The molecular weight excluding hydrogens is 208 g/mol. The van der Waals surface area contributed by atoms with Gasteiger partial charge >= 0.3 is 0 Å². The summed E-state index contributed by atoms with van der Waals surface area (Å²) in [6.07, 6.45) is 3.90. The molecule has 2 aromatic rings. The van der Waals surface area contributed by atoms with Crippen molar-refractivity contribution in [3.63, 3.8) is 0 Å². The predicted octanol–water partition coefficient (Wildman–Crippen LogP) is 3.89. The maximum Gasteiger partial charge on any atom is 0.0670 e. The first-order valence-corrected chi connectivity index (χ1v) is 6.23. The summed E-state index contributed by atoms with van der Waals surface area (Å²) in [7, 11) is 0. The molecule has 2 nitrogen and oxygen atoms in total. The summed E-state index contributed by atoms with van der Waals surface area (Å²) < 4.78 is 0. The van der Waals surface area contributed by atoms with Gasteiger partial charge in [0.25, 0.3) is 0 Å². The highest BCUT2D eigenvalue weighted by atomic mass is 14.7. The number of rotatable bonds is 4. The molecular formula is C15H18N2. The van der Waals surface area contributed by atoms with E-state index in [1.165, 1.54) is 35.0 Å². The molecule has 0 bridgehead atoms. The van der Waals surface area contributed by atoms with Gasteiger partial charge in [0.15, 0.2) is 0 Å². The molecule has 0 saturated heterocycles. The van der Waals surface area contributed by atoms with Crippen LogP contribution in [0.3, 0.4) is 0 Å². The number of H-pyrrole nitrogens is 1. The topological polar surface area (TPSA) is 39.6 Å². The minimum atomic E-state index is 0.502. The maximum absolute atomic E-state index is 8.95. The van der Waals surface area contributed by atoms with Crippen molar-refractivity contribution in [2.45, 2.75) is 39.5 Å². The quantitative estimate of drug-likeness (QED) is 0.844. The zero-order valence-electron chi connectivity index (χ0n) is 10.5. The number of aromatic nitrogens is 1. The van der Waals surface area contributed by atoms with Gasteiger partial charge in [-0.2, -0.15) is 5.26 Å². The number of aryl methyl sites for hydroxylation is 2. The number of hydrogen-bond donors (Lipinski definition) is 1. The number of nitriles is 1. The molecule has 0 saturated carbocycles. The minimum Gasteiger partial charge on any atom is -0.358 e. The largest absolute Gasteiger partial charge is 0.358 e. The first kappa shape index (κ1) is 11.7. The Hall–Kier alpha value is -1.75. The van der Waals surface area contributed by atoms with E-state index in [-0.39, 0.29) is 0 Å². The SMILES string of the molecule is CCCCc1[nH]c2ccc(C)cc2c1CC#N. The first-order valence-electron chi connectivity index (χ1n) is 6.23. The number of aromatic amines is 1. The normalized spacial score (nSPS) is 10.6. The molecule has 1 aromatic heterocycles. The van der Waals surface area contributed by atoms with Crippen molar-refractivity contribution in [2.24, 2.45) is 0 Å². The van der Waals surface area contributed by atoms with Crippen LogP contribution in [0.2, 0.25) is 0 Å². The van der Waals surface area contributed by atoms with Crippen molar-refractivity contribution < 1.29 is 0 Å². The van der Waals surface area contributed by atoms with Gasteiger partial charge in [-0.05, 0) is 37.5 Å². The van der Waals surface area contributed by atoms with Crippen LogP contribution in [-0.4, -0.2) is 4.98 Å². The van der Waals surface area contributed by atoms with Gasteiger partial charge in [0, 0.05) is 16.6 Å². The van der Waals surface area contributed by atoms with Crippen molar-refractivity contribution in [3.05, 3.63) is 35.0 Å². The van der Waals surface area contributed by atoms with Gasteiger partial charge in [0.2, 0.25) is 0 Å². The van der Waals surface area contributed by atoms with Crippen LogP contribution in [0.15, 0.2) is 18.2 Å². The molecule has 0 aliphatic carbocycles. The third-order valence-corrected chi connectivity index (χ3v) is 3.19. The van der Waals surface area contributed by atoms with Crippen LogP contribution in [0.5, 0.6) is 0 Å². The number of nitrogens with zero attached hydrogens (tertiary/aromatic N) is 1. The monoisotopic (exact) mass is 226 g/mol. The van der Waals surface area contributed by atoms with Crippen LogP contribution < -0.4 is 0 Å². The van der Waals surface area contributed by atoms with Crippen LogP contribution in [0.4, 0.5) is 0 Å².